The normalized spacial score (nSPS) is 14.7. The fraction of sp³-hybridized carbons (Fsp3) is 0.357. The van der Waals surface area contributed by atoms with Crippen molar-refractivity contribution in [1.82, 2.24) is 10.3 Å². The molecule has 0 bridgehead atoms. The number of nitrogens with two attached hydrogens (primary N) is 2. The van der Waals surface area contributed by atoms with Crippen LogP contribution in [0, 0.1) is 30.4 Å². The van der Waals surface area contributed by atoms with Gasteiger partial charge in [0.2, 0.25) is 0 Å². The van der Waals surface area contributed by atoms with Crippen molar-refractivity contribution in [1.29, 1.82) is 0 Å². The molecule has 36 heavy (non-hydrogen) atoms. The lowest BCUT2D eigenvalue weighted by molar-refractivity contribution is 0.252. The van der Waals surface area contributed by atoms with E-state index in [-0.39, 0.29) is 29.1 Å². The van der Waals surface area contributed by atoms with Gasteiger partial charge in [-0.15, -0.1) is 12.8 Å². The molecule has 0 spiro atoms. The van der Waals surface area contributed by atoms with Gasteiger partial charge >= 0.3 is 6.03 Å². The number of urea groups is 1. The van der Waals surface area contributed by atoms with Crippen molar-refractivity contribution in [3.8, 4) is 12.8 Å². The molecule has 1 atom stereocenters. The Morgan fingerprint density at radius 3 is 2.17 bits per heavy atom. The van der Waals surface area contributed by atoms with Crippen LogP contribution in [0.1, 0.15) is 58.2 Å². The number of aromatic nitrogens is 1. The van der Waals surface area contributed by atoms with Crippen LogP contribution in [0.2, 0.25) is 0 Å². The number of benzene rings is 1. The van der Waals surface area contributed by atoms with Crippen molar-refractivity contribution in [2.45, 2.75) is 47.0 Å². The van der Waals surface area contributed by atoms with Crippen molar-refractivity contribution in [3.05, 3.63) is 76.6 Å². The maximum atomic E-state index is 14.1. The molecular formula is C28H37F2N5O. The summed E-state index contributed by atoms with van der Waals surface area (Å²) in [5.74, 6) is -1.29. The number of nitrogens with one attached hydrogen (secondary N) is 1. The van der Waals surface area contributed by atoms with Gasteiger partial charge in [-0.25, -0.2) is 18.6 Å². The number of carbonyl (C=O) groups excluding carboxylic acids is 1. The quantitative estimate of drug-likeness (QED) is 0.361. The van der Waals surface area contributed by atoms with E-state index in [1.165, 1.54) is 18.6 Å². The highest BCUT2D eigenvalue weighted by molar-refractivity contribution is 5.93. The van der Waals surface area contributed by atoms with E-state index in [1.807, 2.05) is 32.9 Å². The zero-order valence-corrected chi connectivity index (χ0v) is 21.7. The van der Waals surface area contributed by atoms with Gasteiger partial charge in [-0.1, -0.05) is 53.2 Å². The summed E-state index contributed by atoms with van der Waals surface area (Å²) in [5.41, 5.74) is 14.1. The molecule has 0 saturated carbocycles. The minimum absolute atomic E-state index is 0.0371. The zero-order valence-electron chi connectivity index (χ0n) is 21.7. The number of allylic oxidation sites excluding steroid dienone is 3. The number of amides is 2. The molecule has 5 N–H and O–H groups in total. The predicted molar refractivity (Wildman–Crippen MR) is 144 cm³/mol. The van der Waals surface area contributed by atoms with Crippen LogP contribution in [-0.4, -0.2) is 24.1 Å². The number of rotatable bonds is 6. The van der Waals surface area contributed by atoms with Crippen LogP contribution >= 0.6 is 0 Å². The molecule has 1 aromatic heterocycles. The third-order valence-electron chi connectivity index (χ3n) is 5.32. The Morgan fingerprint density at radius 1 is 1.11 bits per heavy atom. The van der Waals surface area contributed by atoms with Gasteiger partial charge in [-0.05, 0) is 41.8 Å². The minimum atomic E-state index is -0.735. The van der Waals surface area contributed by atoms with Crippen LogP contribution in [0.15, 0.2) is 53.7 Å². The molecule has 0 radical (unpaired) electrons. The van der Waals surface area contributed by atoms with Gasteiger partial charge < -0.3 is 16.8 Å². The van der Waals surface area contributed by atoms with Gasteiger partial charge in [0, 0.05) is 30.4 Å². The summed E-state index contributed by atoms with van der Waals surface area (Å²) in [6.45, 7) is 11.1. The molecule has 3 rings (SSSR count). The summed E-state index contributed by atoms with van der Waals surface area (Å²) < 4.78 is 28.3. The number of carbonyl (C=O) groups is 1. The summed E-state index contributed by atoms with van der Waals surface area (Å²) in [6, 6.07) is 8.84. The molecule has 1 unspecified atom stereocenters. The Balaban J connectivity index is 0.00000120. The number of pyridine rings is 1. The van der Waals surface area contributed by atoms with Crippen molar-refractivity contribution in [2.75, 3.05) is 18.0 Å². The third-order valence-corrected chi connectivity index (χ3v) is 5.32. The van der Waals surface area contributed by atoms with Gasteiger partial charge in [0.15, 0.2) is 0 Å². The van der Waals surface area contributed by atoms with E-state index in [1.54, 1.807) is 11.0 Å². The Morgan fingerprint density at radius 2 is 1.67 bits per heavy atom. The molecule has 194 valence electrons. The highest BCUT2D eigenvalue weighted by Gasteiger charge is 2.24. The van der Waals surface area contributed by atoms with Crippen LogP contribution in [0.4, 0.5) is 19.4 Å². The molecule has 1 aliphatic heterocycles. The first kappa shape index (κ1) is 30.2. The molecule has 1 aromatic carbocycles. The van der Waals surface area contributed by atoms with E-state index in [2.05, 4.69) is 37.0 Å². The van der Waals surface area contributed by atoms with E-state index in [4.69, 9.17) is 11.5 Å². The maximum absolute atomic E-state index is 14.1. The van der Waals surface area contributed by atoms with Crippen LogP contribution < -0.4 is 21.7 Å². The first-order valence-corrected chi connectivity index (χ1v) is 11.9. The van der Waals surface area contributed by atoms with Crippen molar-refractivity contribution < 1.29 is 13.6 Å². The summed E-state index contributed by atoms with van der Waals surface area (Å²) in [7, 11) is 0. The van der Waals surface area contributed by atoms with Crippen LogP contribution in [0.3, 0.4) is 0 Å². The molecule has 1 fully saturated rings. The molecule has 2 aromatic rings. The number of anilines is 1. The van der Waals surface area contributed by atoms with Gasteiger partial charge in [-0.2, -0.15) is 0 Å². The average Bonchev–Trinajstić information content (AvgIpc) is 3.29. The Labute approximate surface area is 213 Å². The van der Waals surface area contributed by atoms with Gasteiger partial charge in [0.05, 0.1) is 11.3 Å². The van der Waals surface area contributed by atoms with Crippen LogP contribution in [-0.2, 0) is 0 Å². The lowest BCUT2D eigenvalue weighted by atomic mass is 9.91. The predicted octanol–water partition coefficient (Wildman–Crippen LogP) is 5.53. The number of hydrogen-bond acceptors (Lipinski definition) is 4. The van der Waals surface area contributed by atoms with Gasteiger partial charge in [-0.3, -0.25) is 4.90 Å². The fourth-order valence-corrected chi connectivity index (χ4v) is 3.53. The molecule has 0 aliphatic carbocycles. The fourth-order valence-electron chi connectivity index (χ4n) is 3.53. The lowest BCUT2D eigenvalue weighted by Crippen LogP contribution is -2.28. The van der Waals surface area contributed by atoms with E-state index < -0.39 is 11.6 Å². The largest absolute Gasteiger partial charge is 0.401 e. The highest BCUT2D eigenvalue weighted by Crippen LogP contribution is 2.29. The second-order valence-electron chi connectivity index (χ2n) is 8.49. The summed E-state index contributed by atoms with van der Waals surface area (Å²) in [5, 5.41) is 2.75. The second-order valence-corrected chi connectivity index (χ2v) is 8.49. The molecule has 2 heterocycles. The minimum Gasteiger partial charge on any atom is -0.401 e. The molecule has 1 aliphatic rings. The Kier molecular flexibility index (Phi) is 12.2. The molecule has 8 heteroatoms. The number of terminal acetylenes is 1. The topological polar surface area (TPSA) is 97.3 Å². The average molecular weight is 498 g/mol. The van der Waals surface area contributed by atoms with E-state index in [0.29, 0.717) is 35.9 Å². The summed E-state index contributed by atoms with van der Waals surface area (Å²) in [4.78, 5) is 18.1. The van der Waals surface area contributed by atoms with E-state index in [0.717, 1.165) is 12.1 Å². The van der Waals surface area contributed by atoms with Gasteiger partial charge in [0.1, 0.15) is 17.5 Å². The standard InChI is InChI=1S/C23H27F2N5O.C3H8.C2H2/c1-13(2)15(12-18(26)21-16(24)6-4-7-17(21)25)22(27)14(3)19-8-5-9-20(29-19)30-11-10-28-23(30)31;1-3-2;1-2/h4-9,12-14H,10-11,26-27H2,1-3H3,(H,28,31);3H2,1-2H3;1-2H/b18-12-,22-15+;;. The van der Waals surface area contributed by atoms with Gasteiger partial charge in [0.25, 0.3) is 0 Å². The van der Waals surface area contributed by atoms with Crippen LogP contribution in [0.25, 0.3) is 5.70 Å². The maximum Gasteiger partial charge on any atom is 0.323 e. The summed E-state index contributed by atoms with van der Waals surface area (Å²) in [6.07, 6.45) is 10.8. The third kappa shape index (κ3) is 7.57. The van der Waals surface area contributed by atoms with Crippen molar-refractivity contribution in [2.24, 2.45) is 17.4 Å². The second kappa shape index (κ2) is 14.5. The smallest absolute Gasteiger partial charge is 0.323 e. The lowest BCUT2D eigenvalue weighted by Gasteiger charge is -2.20. The molecular weight excluding hydrogens is 460 g/mol. The zero-order chi connectivity index (χ0) is 27.4. The first-order chi connectivity index (χ1) is 17.1. The molecule has 6 nitrogen and oxygen atoms in total. The van der Waals surface area contributed by atoms with Crippen LogP contribution in [0.5, 0.6) is 0 Å². The SMILES string of the molecule is C#C.CC(C)C(/C=C(\N)c1c(F)cccc1F)=C(/N)C(C)c1cccc(N2CCNC2=O)n1.CCC. The van der Waals surface area contributed by atoms with Crippen molar-refractivity contribution >= 4 is 17.5 Å². The van der Waals surface area contributed by atoms with E-state index in [9.17, 15) is 13.6 Å². The van der Waals surface area contributed by atoms with Crippen molar-refractivity contribution in [3.63, 3.8) is 0 Å². The molecule has 1 saturated heterocycles. The monoisotopic (exact) mass is 497 g/mol. The number of halogens is 2. The number of hydrogen-bond donors (Lipinski definition) is 3. The Bertz CT molecular complexity index is 1090. The number of nitrogens with zero attached hydrogens (tertiary/aromatic N) is 2. The Hall–Kier alpha value is -3.86. The first-order valence-electron chi connectivity index (χ1n) is 11.9. The molecule has 2 amide bonds. The highest BCUT2D eigenvalue weighted by atomic mass is 19.1. The van der Waals surface area contributed by atoms with E-state index >= 15 is 0 Å². The summed E-state index contributed by atoms with van der Waals surface area (Å²) >= 11 is 0.